The minimum atomic E-state index is -3.98. The molecule has 0 fully saturated rings. The van der Waals surface area contributed by atoms with Crippen molar-refractivity contribution in [3.8, 4) is 11.5 Å². The van der Waals surface area contributed by atoms with E-state index in [-0.39, 0.29) is 16.3 Å². The average Bonchev–Trinajstić information content (AvgIpc) is 2.89. The maximum atomic E-state index is 13.1. The first kappa shape index (κ1) is 29.7. The van der Waals surface area contributed by atoms with E-state index in [2.05, 4.69) is 10.0 Å². The Bertz CT molecular complexity index is 1560. The maximum Gasteiger partial charge on any atom is 0.304 e. The largest absolute Gasteiger partial charge is 0.497 e. The van der Waals surface area contributed by atoms with Crippen molar-refractivity contribution in [3.05, 3.63) is 71.8 Å². The van der Waals surface area contributed by atoms with Gasteiger partial charge in [0.25, 0.3) is 10.0 Å². The lowest BCUT2D eigenvalue weighted by atomic mass is 10.1. The van der Waals surface area contributed by atoms with Gasteiger partial charge >= 0.3 is 10.2 Å². The molecule has 3 aromatic rings. The molecule has 0 radical (unpaired) electrons. The SMILES string of the molecule is COc1ccc(NS(=O)(=O)c2ccc(NC(=O)CN(c3cc(C)ccc3C)S(=O)(=O)N(C)C)cc2)c(OC)c1. The summed E-state index contributed by atoms with van der Waals surface area (Å²) in [5.74, 6) is 0.185. The van der Waals surface area contributed by atoms with Crippen LogP contribution < -0.4 is 23.8 Å². The lowest BCUT2D eigenvalue weighted by Gasteiger charge is -2.28. The molecule has 0 aliphatic carbocycles. The van der Waals surface area contributed by atoms with Gasteiger partial charge in [0.2, 0.25) is 5.91 Å². The third-order valence-electron chi connectivity index (χ3n) is 5.76. The molecule has 0 saturated heterocycles. The van der Waals surface area contributed by atoms with Crippen LogP contribution >= 0.6 is 0 Å². The maximum absolute atomic E-state index is 13.1. The molecule has 0 saturated carbocycles. The monoisotopic (exact) mass is 576 g/mol. The number of anilines is 3. The Morgan fingerprint density at radius 2 is 1.54 bits per heavy atom. The molecular weight excluding hydrogens is 544 g/mol. The van der Waals surface area contributed by atoms with Gasteiger partial charge in [-0.05, 0) is 67.4 Å². The van der Waals surface area contributed by atoms with Crippen molar-refractivity contribution in [1.82, 2.24) is 4.31 Å². The van der Waals surface area contributed by atoms with Crippen LogP contribution in [0.4, 0.5) is 17.1 Å². The van der Waals surface area contributed by atoms with Crippen molar-refractivity contribution in [2.24, 2.45) is 0 Å². The molecule has 0 atom stereocenters. The molecule has 0 unspecified atom stereocenters. The Balaban J connectivity index is 1.79. The van der Waals surface area contributed by atoms with Gasteiger partial charge in [-0.15, -0.1) is 0 Å². The van der Waals surface area contributed by atoms with Crippen LogP contribution in [0.5, 0.6) is 11.5 Å². The van der Waals surface area contributed by atoms with Crippen LogP contribution in [-0.4, -0.2) is 61.9 Å². The van der Waals surface area contributed by atoms with E-state index >= 15 is 0 Å². The number of hydrogen-bond acceptors (Lipinski definition) is 7. The fourth-order valence-electron chi connectivity index (χ4n) is 3.61. The fraction of sp³-hybridized carbons (Fsp3) is 0.269. The van der Waals surface area contributed by atoms with E-state index in [0.29, 0.717) is 22.7 Å². The molecule has 3 rings (SSSR count). The highest BCUT2D eigenvalue weighted by Gasteiger charge is 2.28. The summed E-state index contributed by atoms with van der Waals surface area (Å²) < 4.78 is 66.9. The zero-order chi connectivity index (χ0) is 29.0. The second-order valence-electron chi connectivity index (χ2n) is 8.83. The highest BCUT2D eigenvalue weighted by atomic mass is 32.2. The summed E-state index contributed by atoms with van der Waals surface area (Å²) in [6, 6.07) is 15.5. The van der Waals surface area contributed by atoms with E-state index < -0.39 is 32.7 Å². The Kier molecular flexibility index (Phi) is 9.10. The molecule has 0 aliphatic rings. The zero-order valence-corrected chi connectivity index (χ0v) is 24.2. The van der Waals surface area contributed by atoms with Gasteiger partial charge in [-0.25, -0.2) is 12.7 Å². The number of carbonyl (C=O) groups excluding carboxylic acids is 1. The van der Waals surface area contributed by atoms with Crippen LogP contribution in [-0.2, 0) is 25.0 Å². The van der Waals surface area contributed by atoms with Crippen molar-refractivity contribution >= 4 is 43.2 Å². The number of aryl methyl sites for hydroxylation is 2. The third kappa shape index (κ3) is 6.99. The number of methoxy groups -OCH3 is 2. The third-order valence-corrected chi connectivity index (χ3v) is 8.95. The predicted octanol–water partition coefficient (Wildman–Crippen LogP) is 3.37. The van der Waals surface area contributed by atoms with Crippen LogP contribution in [0, 0.1) is 13.8 Å². The predicted molar refractivity (Wildman–Crippen MR) is 151 cm³/mol. The second kappa shape index (κ2) is 11.9. The Hall–Kier alpha value is -3.81. The van der Waals surface area contributed by atoms with Gasteiger partial charge in [0.1, 0.15) is 18.0 Å². The molecule has 1 amide bonds. The molecule has 0 aliphatic heterocycles. The first-order valence-electron chi connectivity index (χ1n) is 11.7. The molecule has 0 bridgehead atoms. The summed E-state index contributed by atoms with van der Waals surface area (Å²) in [7, 11) is -2.29. The number of nitrogens with zero attached hydrogens (tertiary/aromatic N) is 2. The van der Waals surface area contributed by atoms with Gasteiger partial charge in [-0.3, -0.25) is 9.52 Å². The van der Waals surface area contributed by atoms with Crippen molar-refractivity contribution < 1.29 is 31.1 Å². The number of sulfonamides is 1. The summed E-state index contributed by atoms with van der Waals surface area (Å²) in [5.41, 5.74) is 2.44. The van der Waals surface area contributed by atoms with Gasteiger partial charge in [0.15, 0.2) is 0 Å². The molecule has 0 spiro atoms. The van der Waals surface area contributed by atoms with E-state index in [1.54, 1.807) is 31.2 Å². The molecular formula is C26H32N4O7S2. The van der Waals surface area contributed by atoms with Crippen LogP contribution in [0.3, 0.4) is 0 Å². The Labute approximate surface area is 229 Å². The van der Waals surface area contributed by atoms with Crippen molar-refractivity contribution in [1.29, 1.82) is 0 Å². The molecule has 0 aromatic heterocycles. The second-order valence-corrected chi connectivity index (χ2v) is 12.6. The van der Waals surface area contributed by atoms with E-state index in [0.717, 1.165) is 14.2 Å². The topological polar surface area (TPSA) is 134 Å². The lowest BCUT2D eigenvalue weighted by molar-refractivity contribution is -0.114. The Morgan fingerprint density at radius 3 is 2.13 bits per heavy atom. The van der Waals surface area contributed by atoms with E-state index in [1.807, 2.05) is 13.0 Å². The van der Waals surface area contributed by atoms with E-state index in [9.17, 15) is 21.6 Å². The Morgan fingerprint density at radius 1 is 0.872 bits per heavy atom. The van der Waals surface area contributed by atoms with Gasteiger partial charge in [-0.1, -0.05) is 12.1 Å². The van der Waals surface area contributed by atoms with Crippen molar-refractivity contribution in [2.45, 2.75) is 18.7 Å². The highest BCUT2D eigenvalue weighted by molar-refractivity contribution is 7.92. The van der Waals surface area contributed by atoms with Crippen LogP contribution in [0.25, 0.3) is 0 Å². The molecule has 3 aromatic carbocycles. The summed E-state index contributed by atoms with van der Waals surface area (Å²) >= 11 is 0. The number of amides is 1. The average molecular weight is 577 g/mol. The summed E-state index contributed by atoms with van der Waals surface area (Å²) in [4.78, 5) is 12.9. The zero-order valence-electron chi connectivity index (χ0n) is 22.5. The first-order valence-corrected chi connectivity index (χ1v) is 14.6. The van der Waals surface area contributed by atoms with Crippen LogP contribution in [0.15, 0.2) is 65.6 Å². The van der Waals surface area contributed by atoms with E-state index in [4.69, 9.17) is 9.47 Å². The molecule has 210 valence electrons. The van der Waals surface area contributed by atoms with Crippen LogP contribution in [0.1, 0.15) is 11.1 Å². The normalized spacial score (nSPS) is 11.7. The van der Waals surface area contributed by atoms with Gasteiger partial charge in [-0.2, -0.15) is 12.7 Å². The summed E-state index contributed by atoms with van der Waals surface area (Å²) in [5, 5.41) is 2.63. The van der Waals surface area contributed by atoms with Crippen molar-refractivity contribution in [3.63, 3.8) is 0 Å². The summed E-state index contributed by atoms with van der Waals surface area (Å²) in [6.07, 6.45) is 0. The molecule has 39 heavy (non-hydrogen) atoms. The quantitative estimate of drug-likeness (QED) is 0.357. The molecule has 11 nitrogen and oxygen atoms in total. The van der Waals surface area contributed by atoms with Crippen LogP contribution in [0.2, 0.25) is 0 Å². The lowest BCUT2D eigenvalue weighted by Crippen LogP contribution is -2.44. The number of ether oxygens (including phenoxy) is 2. The fourth-order valence-corrected chi connectivity index (χ4v) is 5.80. The van der Waals surface area contributed by atoms with Crippen molar-refractivity contribution in [2.75, 3.05) is 49.2 Å². The first-order chi connectivity index (χ1) is 18.3. The number of hydrogen-bond donors (Lipinski definition) is 2. The smallest absolute Gasteiger partial charge is 0.304 e. The molecule has 13 heteroatoms. The number of rotatable bonds is 11. The van der Waals surface area contributed by atoms with Gasteiger partial charge in [0.05, 0.1) is 30.5 Å². The van der Waals surface area contributed by atoms with E-state index in [1.165, 1.54) is 58.6 Å². The summed E-state index contributed by atoms with van der Waals surface area (Å²) in [6.45, 7) is 3.11. The van der Waals surface area contributed by atoms with Gasteiger partial charge in [0, 0.05) is 25.8 Å². The number of nitrogens with one attached hydrogen (secondary N) is 2. The van der Waals surface area contributed by atoms with Gasteiger partial charge < -0.3 is 14.8 Å². The number of carbonyl (C=O) groups is 1. The molecule has 0 heterocycles. The molecule has 2 N–H and O–H groups in total. The number of benzene rings is 3. The minimum Gasteiger partial charge on any atom is -0.497 e. The highest BCUT2D eigenvalue weighted by Crippen LogP contribution is 2.31. The standard InChI is InChI=1S/C26H32N4O7S2/c1-18-7-8-19(2)24(15-18)30(39(34,35)29(3)4)17-26(31)27-20-9-12-22(13-10-20)38(32,33)28-23-14-11-21(36-5)16-25(23)37-6/h7-16,28H,17H2,1-6H3,(H,27,31). The minimum absolute atomic E-state index is 0.0504.